The molecule has 184 valence electrons. The number of nitrogens with zero attached hydrogens (tertiary/aromatic N) is 2. The van der Waals surface area contributed by atoms with Crippen molar-refractivity contribution in [1.29, 1.82) is 0 Å². The molecule has 2 aromatic rings. The lowest BCUT2D eigenvalue weighted by Gasteiger charge is -2.29. The van der Waals surface area contributed by atoms with Crippen molar-refractivity contribution in [3.63, 3.8) is 0 Å². The number of hydrogen-bond donors (Lipinski definition) is 1. The first-order valence-corrected chi connectivity index (χ1v) is 13.8. The summed E-state index contributed by atoms with van der Waals surface area (Å²) >= 11 is 1.77. The number of carbonyl (C=O) groups is 3. The van der Waals surface area contributed by atoms with Gasteiger partial charge < -0.3 is 9.80 Å². The molecule has 1 unspecified atom stereocenters. The number of rotatable bonds is 8. The predicted molar refractivity (Wildman–Crippen MR) is 137 cm³/mol. The van der Waals surface area contributed by atoms with Gasteiger partial charge in [-0.3, -0.25) is 19.7 Å². The second-order valence-electron chi connectivity index (χ2n) is 9.75. The first kappa shape index (κ1) is 24.1. The molecule has 0 aliphatic carbocycles. The average Bonchev–Trinajstić information content (AvgIpc) is 3.21. The number of aryl methyl sites for hydroxylation is 1. The highest BCUT2D eigenvalue weighted by molar-refractivity contribution is 7.99. The summed E-state index contributed by atoms with van der Waals surface area (Å²) in [7, 11) is 0. The van der Waals surface area contributed by atoms with Crippen molar-refractivity contribution >= 4 is 29.5 Å². The lowest BCUT2D eigenvalue weighted by atomic mass is 10.0. The Morgan fingerprint density at radius 1 is 0.914 bits per heavy atom. The van der Waals surface area contributed by atoms with Crippen molar-refractivity contribution in [2.45, 2.75) is 62.4 Å². The van der Waals surface area contributed by atoms with Gasteiger partial charge in [-0.1, -0.05) is 36.8 Å². The molecule has 3 aliphatic rings. The van der Waals surface area contributed by atoms with E-state index in [-0.39, 0.29) is 24.1 Å². The normalized spacial score (nSPS) is 20.7. The monoisotopic (exact) mass is 491 g/mol. The summed E-state index contributed by atoms with van der Waals surface area (Å²) in [6.07, 6.45) is 6.79. The standard InChI is InChI=1S/C28H33N3O3S/c32-26-12-11-24(27(33)29-26)31-19-23-22(28(31)34)5-4-6-25(23)35-18-14-21-9-7-20(8-10-21)13-17-30-15-2-1-3-16-30/h4-10,24H,1-3,11-19H2,(H,29,32,33). The molecule has 3 heterocycles. The molecular formula is C28H33N3O3S. The van der Waals surface area contributed by atoms with Crippen LogP contribution in [0, 0.1) is 0 Å². The van der Waals surface area contributed by atoms with Gasteiger partial charge in [-0.15, -0.1) is 11.8 Å². The molecule has 2 aromatic carbocycles. The number of likely N-dealkylation sites (tertiary alicyclic amines) is 1. The molecule has 6 nitrogen and oxygen atoms in total. The molecule has 7 heteroatoms. The summed E-state index contributed by atoms with van der Waals surface area (Å²) in [6.45, 7) is 4.07. The molecule has 35 heavy (non-hydrogen) atoms. The average molecular weight is 492 g/mol. The molecule has 2 saturated heterocycles. The molecule has 0 radical (unpaired) electrons. The fourth-order valence-corrected chi connectivity index (χ4v) is 6.40. The molecule has 3 amide bonds. The summed E-state index contributed by atoms with van der Waals surface area (Å²) in [5.41, 5.74) is 4.41. The van der Waals surface area contributed by atoms with E-state index in [0.717, 1.165) is 35.6 Å². The number of imide groups is 1. The SMILES string of the molecule is O=C1CCC(N2Cc3c(SCCc4ccc(CCN5CCCCC5)cc4)cccc3C2=O)C(=O)N1. The molecule has 0 saturated carbocycles. The molecule has 5 rings (SSSR count). The number of fused-ring (bicyclic) bond motifs is 1. The van der Waals surface area contributed by atoms with Crippen LogP contribution in [0.1, 0.15) is 59.2 Å². The fourth-order valence-electron chi connectivity index (χ4n) is 5.31. The van der Waals surface area contributed by atoms with Crippen LogP contribution in [-0.2, 0) is 29.0 Å². The van der Waals surface area contributed by atoms with Crippen molar-refractivity contribution in [2.24, 2.45) is 0 Å². The van der Waals surface area contributed by atoms with Gasteiger partial charge in [0, 0.05) is 35.7 Å². The van der Waals surface area contributed by atoms with Crippen LogP contribution in [0.4, 0.5) is 0 Å². The van der Waals surface area contributed by atoms with Gasteiger partial charge in [0.25, 0.3) is 5.91 Å². The molecule has 0 aromatic heterocycles. The molecular weight excluding hydrogens is 458 g/mol. The molecule has 0 bridgehead atoms. The molecule has 2 fully saturated rings. The minimum atomic E-state index is -0.570. The van der Waals surface area contributed by atoms with Crippen LogP contribution in [0.25, 0.3) is 0 Å². The van der Waals surface area contributed by atoms with Gasteiger partial charge in [0.2, 0.25) is 11.8 Å². The van der Waals surface area contributed by atoms with Gasteiger partial charge in [-0.25, -0.2) is 0 Å². The molecule has 3 aliphatic heterocycles. The molecule has 0 spiro atoms. The number of benzene rings is 2. The summed E-state index contributed by atoms with van der Waals surface area (Å²) < 4.78 is 0. The smallest absolute Gasteiger partial charge is 0.255 e. The van der Waals surface area contributed by atoms with Crippen LogP contribution >= 0.6 is 11.8 Å². The van der Waals surface area contributed by atoms with Gasteiger partial charge in [-0.2, -0.15) is 0 Å². The van der Waals surface area contributed by atoms with Gasteiger partial charge in [0.1, 0.15) is 6.04 Å². The van der Waals surface area contributed by atoms with E-state index in [1.807, 2.05) is 12.1 Å². The van der Waals surface area contributed by atoms with Crippen LogP contribution in [0.2, 0.25) is 0 Å². The van der Waals surface area contributed by atoms with Gasteiger partial charge in [-0.05, 0) is 74.0 Å². The highest BCUT2D eigenvalue weighted by Gasteiger charge is 2.39. The van der Waals surface area contributed by atoms with E-state index in [1.54, 1.807) is 16.7 Å². The third-order valence-electron chi connectivity index (χ3n) is 7.38. The van der Waals surface area contributed by atoms with Crippen LogP contribution in [0.5, 0.6) is 0 Å². The summed E-state index contributed by atoms with van der Waals surface area (Å²) in [4.78, 5) is 42.1. The summed E-state index contributed by atoms with van der Waals surface area (Å²) in [5, 5.41) is 2.37. The predicted octanol–water partition coefficient (Wildman–Crippen LogP) is 3.81. The third kappa shape index (κ3) is 5.62. The fraction of sp³-hybridized carbons (Fsp3) is 0.464. The zero-order valence-corrected chi connectivity index (χ0v) is 20.9. The van der Waals surface area contributed by atoms with E-state index in [1.165, 1.54) is 43.5 Å². The number of thioether (sulfide) groups is 1. The van der Waals surface area contributed by atoms with Crippen LogP contribution in [-0.4, -0.2) is 59.0 Å². The number of carbonyl (C=O) groups excluding carboxylic acids is 3. The topological polar surface area (TPSA) is 69.7 Å². The maximum atomic E-state index is 13.0. The van der Waals surface area contributed by atoms with E-state index in [2.05, 4.69) is 40.5 Å². The Morgan fingerprint density at radius 2 is 1.66 bits per heavy atom. The first-order valence-electron chi connectivity index (χ1n) is 12.8. The molecule has 1 atom stereocenters. The largest absolute Gasteiger partial charge is 0.322 e. The van der Waals surface area contributed by atoms with Crippen molar-refractivity contribution in [3.8, 4) is 0 Å². The Balaban J connectivity index is 1.14. The number of nitrogens with one attached hydrogen (secondary N) is 1. The van der Waals surface area contributed by atoms with Crippen LogP contribution in [0.15, 0.2) is 47.4 Å². The summed E-state index contributed by atoms with van der Waals surface area (Å²) in [6, 6.07) is 14.3. The molecule has 1 N–H and O–H groups in total. The maximum Gasteiger partial charge on any atom is 0.255 e. The van der Waals surface area contributed by atoms with E-state index >= 15 is 0 Å². The second kappa shape index (κ2) is 11.0. The van der Waals surface area contributed by atoms with E-state index in [4.69, 9.17) is 0 Å². The van der Waals surface area contributed by atoms with Crippen LogP contribution < -0.4 is 5.32 Å². The third-order valence-corrected chi connectivity index (χ3v) is 8.48. The van der Waals surface area contributed by atoms with Gasteiger partial charge >= 0.3 is 0 Å². The Hall–Kier alpha value is -2.64. The highest BCUT2D eigenvalue weighted by atomic mass is 32.2. The maximum absolute atomic E-state index is 13.0. The van der Waals surface area contributed by atoms with Gasteiger partial charge in [0.05, 0.1) is 0 Å². The Kier molecular flexibility index (Phi) is 7.54. The van der Waals surface area contributed by atoms with E-state index in [9.17, 15) is 14.4 Å². The zero-order chi connectivity index (χ0) is 24.2. The zero-order valence-electron chi connectivity index (χ0n) is 20.1. The lowest BCUT2D eigenvalue weighted by molar-refractivity contribution is -0.136. The minimum Gasteiger partial charge on any atom is -0.322 e. The Labute approximate surface area is 211 Å². The number of hydrogen-bond acceptors (Lipinski definition) is 5. The first-order chi connectivity index (χ1) is 17.1. The van der Waals surface area contributed by atoms with Gasteiger partial charge in [0.15, 0.2) is 0 Å². The number of amides is 3. The Bertz CT molecular complexity index is 1100. The quantitative estimate of drug-likeness (QED) is 0.449. The Morgan fingerprint density at radius 3 is 2.40 bits per heavy atom. The van der Waals surface area contributed by atoms with E-state index < -0.39 is 6.04 Å². The lowest BCUT2D eigenvalue weighted by Crippen LogP contribution is -2.52. The van der Waals surface area contributed by atoms with Crippen molar-refractivity contribution in [2.75, 3.05) is 25.4 Å². The second-order valence-corrected chi connectivity index (χ2v) is 10.9. The van der Waals surface area contributed by atoms with Crippen molar-refractivity contribution in [3.05, 3.63) is 64.7 Å². The number of piperidine rings is 2. The van der Waals surface area contributed by atoms with Crippen molar-refractivity contribution in [1.82, 2.24) is 15.1 Å². The highest BCUT2D eigenvalue weighted by Crippen LogP contribution is 2.34. The van der Waals surface area contributed by atoms with E-state index in [0.29, 0.717) is 18.5 Å². The summed E-state index contributed by atoms with van der Waals surface area (Å²) in [5.74, 6) is 0.186. The van der Waals surface area contributed by atoms with Crippen LogP contribution in [0.3, 0.4) is 0 Å². The van der Waals surface area contributed by atoms with Crippen molar-refractivity contribution < 1.29 is 14.4 Å². The minimum absolute atomic E-state index is 0.114.